The highest BCUT2D eigenvalue weighted by Crippen LogP contribution is 2.19. The molecule has 27 heavy (non-hydrogen) atoms. The number of halogens is 3. The molecule has 2 N–H and O–H groups in total. The minimum atomic E-state index is -4.41. The van der Waals surface area contributed by atoms with E-state index >= 15 is 0 Å². The Morgan fingerprint density at radius 1 is 1.15 bits per heavy atom. The van der Waals surface area contributed by atoms with Crippen molar-refractivity contribution in [2.24, 2.45) is 4.99 Å². The van der Waals surface area contributed by atoms with Crippen LogP contribution < -0.4 is 15.4 Å². The molecule has 0 aliphatic carbocycles. The van der Waals surface area contributed by atoms with Gasteiger partial charge in [0.05, 0.1) is 0 Å². The number of nitrogens with one attached hydrogen (secondary N) is 2. The molecular weight excluding hydrogens is 357 g/mol. The van der Waals surface area contributed by atoms with Crippen LogP contribution in [0.5, 0.6) is 5.88 Å². The van der Waals surface area contributed by atoms with Gasteiger partial charge in [0, 0.05) is 31.9 Å². The largest absolute Gasteiger partial charge is 0.468 e. The number of ether oxygens (including phenoxy) is 1. The molecule has 1 unspecified atom stereocenters. The SMILES string of the molecule is CN=C(NCc1cccnc1OCC(F)(F)F)NCC(C)c1ccccc1. The van der Waals surface area contributed by atoms with Crippen molar-refractivity contribution < 1.29 is 17.9 Å². The van der Waals surface area contributed by atoms with Gasteiger partial charge in [-0.15, -0.1) is 0 Å². The average Bonchev–Trinajstić information content (AvgIpc) is 2.67. The van der Waals surface area contributed by atoms with Gasteiger partial charge in [0.15, 0.2) is 12.6 Å². The second-order valence-electron chi connectivity index (χ2n) is 5.99. The van der Waals surface area contributed by atoms with Gasteiger partial charge in [0.25, 0.3) is 0 Å². The first-order valence-corrected chi connectivity index (χ1v) is 8.52. The van der Waals surface area contributed by atoms with Crippen LogP contribution in [0, 0.1) is 0 Å². The molecule has 0 spiro atoms. The molecule has 0 bridgehead atoms. The van der Waals surface area contributed by atoms with Crippen molar-refractivity contribution in [2.75, 3.05) is 20.2 Å². The second kappa shape index (κ2) is 9.80. The van der Waals surface area contributed by atoms with E-state index in [9.17, 15) is 13.2 Å². The Balaban J connectivity index is 1.89. The molecule has 1 heterocycles. The van der Waals surface area contributed by atoms with E-state index in [1.54, 1.807) is 19.2 Å². The first kappa shape index (κ1) is 20.5. The Labute approximate surface area is 156 Å². The lowest BCUT2D eigenvalue weighted by Crippen LogP contribution is -2.38. The summed E-state index contributed by atoms with van der Waals surface area (Å²) in [5.74, 6) is 0.771. The van der Waals surface area contributed by atoms with Crippen LogP contribution in [0.15, 0.2) is 53.7 Å². The summed E-state index contributed by atoms with van der Waals surface area (Å²) in [5.41, 5.74) is 1.72. The van der Waals surface area contributed by atoms with Gasteiger partial charge >= 0.3 is 6.18 Å². The van der Waals surface area contributed by atoms with E-state index in [-0.39, 0.29) is 18.3 Å². The number of aromatic nitrogens is 1. The zero-order valence-corrected chi connectivity index (χ0v) is 15.3. The molecule has 0 amide bonds. The van der Waals surface area contributed by atoms with E-state index in [2.05, 4.69) is 39.7 Å². The van der Waals surface area contributed by atoms with Crippen LogP contribution in [0.25, 0.3) is 0 Å². The first-order valence-electron chi connectivity index (χ1n) is 8.52. The van der Waals surface area contributed by atoms with Gasteiger partial charge in [-0.3, -0.25) is 4.99 Å². The lowest BCUT2D eigenvalue weighted by molar-refractivity contribution is -0.154. The first-order chi connectivity index (χ1) is 12.9. The van der Waals surface area contributed by atoms with Gasteiger partial charge in [-0.05, 0) is 17.5 Å². The van der Waals surface area contributed by atoms with Crippen LogP contribution in [0.3, 0.4) is 0 Å². The van der Waals surface area contributed by atoms with Gasteiger partial charge in [0.2, 0.25) is 5.88 Å². The molecule has 1 aromatic heterocycles. The number of alkyl halides is 3. The molecule has 0 aliphatic heterocycles. The predicted octanol–water partition coefficient (Wildman–Crippen LogP) is 3.49. The van der Waals surface area contributed by atoms with Crippen molar-refractivity contribution in [3.05, 3.63) is 59.8 Å². The van der Waals surface area contributed by atoms with E-state index < -0.39 is 12.8 Å². The highest BCUT2D eigenvalue weighted by atomic mass is 19.4. The fourth-order valence-electron chi connectivity index (χ4n) is 2.39. The van der Waals surface area contributed by atoms with Crippen LogP contribution in [0.1, 0.15) is 24.0 Å². The number of hydrogen-bond acceptors (Lipinski definition) is 3. The van der Waals surface area contributed by atoms with Crippen LogP contribution in [-0.4, -0.2) is 37.3 Å². The van der Waals surface area contributed by atoms with Gasteiger partial charge in [-0.25, -0.2) is 4.98 Å². The van der Waals surface area contributed by atoms with Crippen molar-refractivity contribution in [3.8, 4) is 5.88 Å². The summed E-state index contributed by atoms with van der Waals surface area (Å²) in [6.45, 7) is 1.62. The van der Waals surface area contributed by atoms with E-state index in [4.69, 9.17) is 4.74 Å². The molecular formula is C19H23F3N4O. The Hall–Kier alpha value is -2.77. The lowest BCUT2D eigenvalue weighted by atomic mass is 10.0. The zero-order valence-electron chi connectivity index (χ0n) is 15.3. The number of guanidine groups is 1. The molecule has 2 rings (SSSR count). The Morgan fingerprint density at radius 3 is 2.56 bits per heavy atom. The third-order valence-electron chi connectivity index (χ3n) is 3.84. The highest BCUT2D eigenvalue weighted by Gasteiger charge is 2.29. The molecule has 0 fully saturated rings. The van der Waals surface area contributed by atoms with Crippen LogP contribution in [0.2, 0.25) is 0 Å². The maximum atomic E-state index is 12.4. The number of hydrogen-bond donors (Lipinski definition) is 2. The van der Waals surface area contributed by atoms with E-state index in [0.29, 0.717) is 18.1 Å². The van der Waals surface area contributed by atoms with Gasteiger partial charge in [-0.1, -0.05) is 43.3 Å². The number of aliphatic imine (C=N–C) groups is 1. The molecule has 1 aromatic carbocycles. The number of nitrogens with zero attached hydrogens (tertiary/aromatic N) is 2. The molecule has 0 saturated carbocycles. The van der Waals surface area contributed by atoms with Crippen molar-refractivity contribution in [3.63, 3.8) is 0 Å². The number of benzene rings is 1. The average molecular weight is 380 g/mol. The molecule has 2 aromatic rings. The second-order valence-corrected chi connectivity index (χ2v) is 5.99. The molecule has 5 nitrogen and oxygen atoms in total. The molecule has 0 aliphatic rings. The quantitative estimate of drug-likeness (QED) is 0.570. The van der Waals surface area contributed by atoms with Crippen molar-refractivity contribution >= 4 is 5.96 Å². The number of pyridine rings is 1. The van der Waals surface area contributed by atoms with Gasteiger partial charge < -0.3 is 15.4 Å². The maximum absolute atomic E-state index is 12.4. The summed E-state index contributed by atoms with van der Waals surface area (Å²) in [5, 5.41) is 6.28. The summed E-state index contributed by atoms with van der Waals surface area (Å²) in [4.78, 5) is 8.01. The maximum Gasteiger partial charge on any atom is 0.422 e. The molecule has 0 saturated heterocycles. The fourth-order valence-corrected chi connectivity index (χ4v) is 2.39. The topological polar surface area (TPSA) is 58.5 Å². The molecule has 8 heteroatoms. The fraction of sp³-hybridized carbons (Fsp3) is 0.368. The standard InChI is InChI=1S/C19H23F3N4O/c1-14(15-7-4-3-5-8-15)11-25-18(23-2)26-12-16-9-6-10-24-17(16)27-13-19(20,21)22/h3-10,14H,11-13H2,1-2H3,(H2,23,25,26). The molecule has 1 atom stereocenters. The van der Waals surface area contributed by atoms with Crippen molar-refractivity contribution in [2.45, 2.75) is 25.6 Å². The van der Waals surface area contributed by atoms with Crippen LogP contribution in [0.4, 0.5) is 13.2 Å². The van der Waals surface area contributed by atoms with Crippen molar-refractivity contribution in [1.82, 2.24) is 15.6 Å². The zero-order chi connectivity index (χ0) is 19.7. The van der Waals surface area contributed by atoms with E-state index in [0.717, 1.165) is 0 Å². The lowest BCUT2D eigenvalue weighted by Gasteiger charge is -2.17. The van der Waals surface area contributed by atoms with Crippen LogP contribution in [-0.2, 0) is 6.54 Å². The van der Waals surface area contributed by atoms with E-state index in [1.807, 2.05) is 18.2 Å². The summed E-state index contributed by atoms with van der Waals surface area (Å²) < 4.78 is 41.9. The summed E-state index contributed by atoms with van der Waals surface area (Å²) in [7, 11) is 1.63. The smallest absolute Gasteiger partial charge is 0.422 e. The molecule has 146 valence electrons. The summed E-state index contributed by atoms with van der Waals surface area (Å²) in [6.07, 6.45) is -3.02. The third kappa shape index (κ3) is 7.16. The third-order valence-corrected chi connectivity index (χ3v) is 3.84. The monoisotopic (exact) mass is 380 g/mol. The number of rotatable bonds is 7. The summed E-state index contributed by atoms with van der Waals surface area (Å²) in [6, 6.07) is 13.4. The van der Waals surface area contributed by atoms with Gasteiger partial charge in [0.1, 0.15) is 0 Å². The highest BCUT2D eigenvalue weighted by molar-refractivity contribution is 5.79. The Kier molecular flexibility index (Phi) is 7.45. The van der Waals surface area contributed by atoms with Crippen LogP contribution >= 0.6 is 0 Å². The minimum absolute atomic E-state index is 0.0459. The van der Waals surface area contributed by atoms with Crippen molar-refractivity contribution in [1.29, 1.82) is 0 Å². The normalized spacial score (nSPS) is 13.1. The van der Waals surface area contributed by atoms with E-state index in [1.165, 1.54) is 11.8 Å². The molecule has 0 radical (unpaired) electrons. The van der Waals surface area contributed by atoms with Gasteiger partial charge in [-0.2, -0.15) is 13.2 Å². The predicted molar refractivity (Wildman–Crippen MR) is 98.8 cm³/mol. The summed E-state index contributed by atoms with van der Waals surface area (Å²) >= 11 is 0. The Bertz CT molecular complexity index is 735. The minimum Gasteiger partial charge on any atom is -0.468 e. The Morgan fingerprint density at radius 2 is 1.89 bits per heavy atom.